The van der Waals surface area contributed by atoms with Crippen molar-refractivity contribution >= 4 is 0 Å². The van der Waals surface area contributed by atoms with Gasteiger partial charge in [-0.1, -0.05) is 18.2 Å². The zero-order chi connectivity index (χ0) is 28.4. The third-order valence-electron chi connectivity index (χ3n) is 6.49. The Labute approximate surface area is 220 Å². The summed E-state index contributed by atoms with van der Waals surface area (Å²) in [6, 6.07) is 9.86. The normalized spacial score (nSPS) is 11.9. The van der Waals surface area contributed by atoms with Crippen molar-refractivity contribution in [2.45, 2.75) is 26.1 Å². The number of ether oxygens (including phenoxy) is 2. The van der Waals surface area contributed by atoms with Gasteiger partial charge >= 0.3 is 5.69 Å². The molecule has 0 amide bonds. The first-order valence-corrected chi connectivity index (χ1v) is 11.8. The molecule has 7 nitrogen and oxygen atoms in total. The van der Waals surface area contributed by atoms with E-state index in [1.54, 1.807) is 0 Å². The van der Waals surface area contributed by atoms with Gasteiger partial charge in [-0.2, -0.15) is 0 Å². The highest BCUT2D eigenvalue weighted by Gasteiger charge is 2.25. The first kappa shape index (κ1) is 27.6. The van der Waals surface area contributed by atoms with Crippen LogP contribution in [-0.4, -0.2) is 23.4 Å². The number of nitrogens with two attached hydrogens (primary N) is 1. The van der Waals surface area contributed by atoms with Gasteiger partial charge in [-0.3, -0.25) is 13.9 Å². The van der Waals surface area contributed by atoms with Crippen LogP contribution < -0.4 is 26.5 Å². The molecule has 0 aliphatic carbocycles. The molecule has 39 heavy (non-hydrogen) atoms. The number of nitrogens with zero attached hydrogens (tertiary/aromatic N) is 2. The van der Waals surface area contributed by atoms with Crippen molar-refractivity contribution in [1.29, 1.82) is 0 Å². The smallest absolute Gasteiger partial charge is 0.331 e. The fourth-order valence-corrected chi connectivity index (χ4v) is 4.45. The third kappa shape index (κ3) is 5.17. The molecule has 204 valence electrons. The van der Waals surface area contributed by atoms with E-state index in [2.05, 4.69) is 0 Å². The highest BCUT2D eigenvalue weighted by Crippen LogP contribution is 2.30. The van der Waals surface area contributed by atoms with Crippen molar-refractivity contribution in [1.82, 2.24) is 9.13 Å². The second-order valence-electron chi connectivity index (χ2n) is 8.76. The first-order valence-electron chi connectivity index (χ1n) is 11.8. The first-order chi connectivity index (χ1) is 18.6. The summed E-state index contributed by atoms with van der Waals surface area (Å²) in [6.45, 7) is 0.298. The third-order valence-corrected chi connectivity index (χ3v) is 6.49. The van der Waals surface area contributed by atoms with Crippen molar-refractivity contribution in [3.63, 3.8) is 0 Å². The molecular weight excluding hydrogens is 518 g/mol. The molecule has 0 spiro atoms. The van der Waals surface area contributed by atoms with E-state index >= 15 is 4.39 Å². The average Bonchev–Trinajstić information content (AvgIpc) is 2.91. The SMILES string of the molecule is COc1ccc(F)cc1C(N)Cn1c(=O)c(-c2cccc(OC)c2F)c(C)n(Cc2c(F)cccc2F)c1=O. The van der Waals surface area contributed by atoms with Crippen molar-refractivity contribution < 1.29 is 27.0 Å². The van der Waals surface area contributed by atoms with Crippen molar-refractivity contribution in [3.8, 4) is 22.6 Å². The van der Waals surface area contributed by atoms with Gasteiger partial charge in [0.2, 0.25) is 0 Å². The summed E-state index contributed by atoms with van der Waals surface area (Å²) < 4.78 is 70.4. The zero-order valence-electron chi connectivity index (χ0n) is 21.3. The number of hydrogen-bond donors (Lipinski definition) is 1. The molecule has 4 rings (SSSR count). The van der Waals surface area contributed by atoms with E-state index in [1.165, 1.54) is 51.5 Å². The molecule has 0 aliphatic rings. The number of halogens is 4. The van der Waals surface area contributed by atoms with Gasteiger partial charge < -0.3 is 15.2 Å². The van der Waals surface area contributed by atoms with Crippen molar-refractivity contribution in [3.05, 3.63) is 116 Å². The van der Waals surface area contributed by atoms with E-state index in [1.807, 2.05) is 0 Å². The lowest BCUT2D eigenvalue weighted by Crippen LogP contribution is -2.44. The summed E-state index contributed by atoms with van der Waals surface area (Å²) in [5, 5.41) is 0. The van der Waals surface area contributed by atoms with Crippen LogP contribution >= 0.6 is 0 Å². The number of rotatable bonds is 8. The maximum atomic E-state index is 15.3. The van der Waals surface area contributed by atoms with Crippen molar-refractivity contribution in [2.75, 3.05) is 14.2 Å². The maximum absolute atomic E-state index is 15.3. The van der Waals surface area contributed by atoms with Crippen LogP contribution in [0.15, 0.2) is 64.2 Å². The van der Waals surface area contributed by atoms with Crippen LogP contribution in [0, 0.1) is 30.2 Å². The molecule has 0 saturated heterocycles. The molecule has 1 heterocycles. The van der Waals surface area contributed by atoms with Crippen LogP contribution in [0.5, 0.6) is 11.5 Å². The predicted octanol–water partition coefficient (Wildman–Crippen LogP) is 4.31. The minimum atomic E-state index is -1.12. The summed E-state index contributed by atoms with van der Waals surface area (Å²) in [4.78, 5) is 27.3. The van der Waals surface area contributed by atoms with Gasteiger partial charge in [0.05, 0.1) is 38.9 Å². The van der Waals surface area contributed by atoms with E-state index in [4.69, 9.17) is 15.2 Å². The van der Waals surface area contributed by atoms with E-state index in [0.29, 0.717) is 0 Å². The van der Waals surface area contributed by atoms with Gasteiger partial charge in [-0.05, 0) is 43.3 Å². The van der Waals surface area contributed by atoms with Crippen LogP contribution in [0.1, 0.15) is 22.9 Å². The molecular formula is C28H25F4N3O4. The molecule has 11 heteroatoms. The second-order valence-corrected chi connectivity index (χ2v) is 8.76. The van der Waals surface area contributed by atoms with E-state index in [-0.39, 0.29) is 33.9 Å². The Kier molecular flexibility index (Phi) is 7.91. The quantitative estimate of drug-likeness (QED) is 0.335. The number of benzene rings is 3. The highest BCUT2D eigenvalue weighted by molar-refractivity contribution is 5.67. The van der Waals surface area contributed by atoms with Gasteiger partial charge in [0.25, 0.3) is 5.56 Å². The molecule has 0 bridgehead atoms. The molecule has 1 unspecified atom stereocenters. The topological polar surface area (TPSA) is 88.5 Å². The molecule has 0 radical (unpaired) electrons. The summed E-state index contributed by atoms with van der Waals surface area (Å²) in [5.41, 5.74) is 3.73. The van der Waals surface area contributed by atoms with Crippen LogP contribution in [0.3, 0.4) is 0 Å². The number of methoxy groups -OCH3 is 2. The van der Waals surface area contributed by atoms with Gasteiger partial charge in [-0.25, -0.2) is 22.4 Å². The molecule has 2 N–H and O–H groups in total. The summed E-state index contributed by atoms with van der Waals surface area (Å²) in [6.07, 6.45) is 0. The summed E-state index contributed by atoms with van der Waals surface area (Å²) in [7, 11) is 2.60. The fraction of sp³-hybridized carbons (Fsp3) is 0.214. The van der Waals surface area contributed by atoms with E-state index in [9.17, 15) is 22.8 Å². The maximum Gasteiger partial charge on any atom is 0.331 e. The van der Waals surface area contributed by atoms with Crippen LogP contribution in [-0.2, 0) is 13.1 Å². The van der Waals surface area contributed by atoms with Gasteiger partial charge in [0, 0.05) is 22.4 Å². The van der Waals surface area contributed by atoms with Gasteiger partial charge in [-0.15, -0.1) is 0 Å². The average molecular weight is 544 g/mol. The number of aromatic nitrogens is 2. The Morgan fingerprint density at radius 2 is 1.51 bits per heavy atom. The molecule has 0 saturated carbocycles. The Morgan fingerprint density at radius 3 is 2.15 bits per heavy atom. The predicted molar refractivity (Wildman–Crippen MR) is 137 cm³/mol. The zero-order valence-corrected chi connectivity index (χ0v) is 21.3. The second kappa shape index (κ2) is 11.2. The summed E-state index contributed by atoms with van der Waals surface area (Å²) in [5.74, 6) is -3.24. The lowest BCUT2D eigenvalue weighted by atomic mass is 10.0. The fourth-order valence-electron chi connectivity index (χ4n) is 4.45. The Bertz CT molecular complexity index is 1650. The Hall–Kier alpha value is -4.38. The molecule has 1 atom stereocenters. The van der Waals surface area contributed by atoms with Gasteiger partial charge in [0.1, 0.15) is 23.2 Å². The standard InChI is InChI=1S/C28H25F4N3O4/c1-15-25(17-6-4-9-24(39-3)26(17)32)27(36)35(14-22(33)18-12-16(29)10-11-23(18)38-2)28(37)34(15)13-19-20(30)7-5-8-21(19)31/h4-12,22H,13-14,33H2,1-3H3. The minimum Gasteiger partial charge on any atom is -0.496 e. The molecule has 4 aromatic rings. The van der Waals surface area contributed by atoms with E-state index in [0.717, 1.165) is 33.4 Å². The van der Waals surface area contributed by atoms with Crippen LogP contribution in [0.2, 0.25) is 0 Å². The van der Waals surface area contributed by atoms with Crippen LogP contribution in [0.4, 0.5) is 17.6 Å². The molecule has 3 aromatic carbocycles. The lowest BCUT2D eigenvalue weighted by Gasteiger charge is -2.21. The Balaban J connectivity index is 1.98. The number of hydrogen-bond acceptors (Lipinski definition) is 5. The van der Waals surface area contributed by atoms with Crippen molar-refractivity contribution in [2.24, 2.45) is 5.73 Å². The molecule has 1 aromatic heterocycles. The highest BCUT2D eigenvalue weighted by atomic mass is 19.1. The monoisotopic (exact) mass is 543 g/mol. The largest absolute Gasteiger partial charge is 0.496 e. The summed E-state index contributed by atoms with van der Waals surface area (Å²) >= 11 is 0. The molecule has 0 aliphatic heterocycles. The Morgan fingerprint density at radius 1 is 0.872 bits per heavy atom. The molecule has 0 fully saturated rings. The van der Waals surface area contributed by atoms with Crippen LogP contribution in [0.25, 0.3) is 11.1 Å². The minimum absolute atomic E-state index is 0.0343. The van der Waals surface area contributed by atoms with E-state index < -0.39 is 59.2 Å². The van der Waals surface area contributed by atoms with Gasteiger partial charge in [0.15, 0.2) is 11.6 Å². The lowest BCUT2D eigenvalue weighted by molar-refractivity contribution is 0.387.